The minimum atomic E-state index is -1.07. The highest BCUT2D eigenvalue weighted by Crippen LogP contribution is 2.29. The highest BCUT2D eigenvalue weighted by molar-refractivity contribution is 6.31. The zero-order valence-electron chi connectivity index (χ0n) is 11.4. The van der Waals surface area contributed by atoms with Crippen molar-refractivity contribution in [2.24, 2.45) is 5.92 Å². The monoisotopic (exact) mass is 314 g/mol. The van der Waals surface area contributed by atoms with Crippen molar-refractivity contribution in [1.29, 1.82) is 0 Å². The normalized spacial score (nSPS) is 17.0. The maximum absolute atomic E-state index is 13.0. The number of benzene rings is 1. The van der Waals surface area contributed by atoms with Crippen molar-refractivity contribution in [3.8, 4) is 0 Å². The Morgan fingerprint density at radius 3 is 2.62 bits per heavy atom. The van der Waals surface area contributed by atoms with E-state index in [0.717, 1.165) is 18.9 Å². The Balaban J connectivity index is 2.03. The third kappa shape index (κ3) is 4.15. The molecule has 0 bridgehead atoms. The van der Waals surface area contributed by atoms with Crippen molar-refractivity contribution < 1.29 is 19.1 Å². The van der Waals surface area contributed by atoms with E-state index in [2.05, 4.69) is 10.6 Å². The third-order valence-electron chi connectivity index (χ3n) is 3.20. The molecule has 5 nitrogen and oxygen atoms in total. The number of hydrogen-bond acceptors (Lipinski definition) is 3. The van der Waals surface area contributed by atoms with Crippen LogP contribution in [0.15, 0.2) is 18.2 Å². The fourth-order valence-corrected chi connectivity index (χ4v) is 2.00. The van der Waals surface area contributed by atoms with Gasteiger partial charge in [0.05, 0.1) is 11.1 Å². The molecule has 2 amide bonds. The average Bonchev–Trinajstić information content (AvgIpc) is 3.23. The van der Waals surface area contributed by atoms with E-state index >= 15 is 0 Å². The first kappa shape index (κ1) is 15.7. The average molecular weight is 315 g/mol. The van der Waals surface area contributed by atoms with Gasteiger partial charge >= 0.3 is 0 Å². The lowest BCUT2D eigenvalue weighted by Gasteiger charge is -2.21. The lowest BCUT2D eigenvalue weighted by molar-refractivity contribution is -0.129. The van der Waals surface area contributed by atoms with Gasteiger partial charge in [0.2, 0.25) is 11.8 Å². The largest absolute Gasteiger partial charge is 0.391 e. The molecule has 0 spiro atoms. The molecule has 1 aromatic rings. The van der Waals surface area contributed by atoms with E-state index < -0.39 is 23.9 Å². The Labute approximate surface area is 126 Å². The number of anilines is 1. The van der Waals surface area contributed by atoms with Crippen LogP contribution in [0.1, 0.15) is 19.8 Å². The molecule has 1 saturated carbocycles. The second-order valence-electron chi connectivity index (χ2n) is 5.12. The lowest BCUT2D eigenvalue weighted by Crippen LogP contribution is -2.50. The summed E-state index contributed by atoms with van der Waals surface area (Å²) in [4.78, 5) is 23.8. The molecular weight excluding hydrogens is 299 g/mol. The minimum Gasteiger partial charge on any atom is -0.391 e. The molecule has 1 aliphatic carbocycles. The second-order valence-corrected chi connectivity index (χ2v) is 5.53. The summed E-state index contributed by atoms with van der Waals surface area (Å²) in [7, 11) is 0. The van der Waals surface area contributed by atoms with Gasteiger partial charge in [0.15, 0.2) is 0 Å². The Morgan fingerprint density at radius 2 is 2.10 bits per heavy atom. The maximum atomic E-state index is 13.0. The fraction of sp³-hybridized carbons (Fsp3) is 0.429. The standard InChI is InChI=1S/C14H16ClFN2O3/c1-7(19)12(18-13(20)8-2-3-8)14(21)17-9-4-5-11(16)10(15)6-9/h4-8,12,19H,2-3H2,1H3,(H,17,21)(H,18,20). The van der Waals surface area contributed by atoms with Crippen LogP contribution in [0.5, 0.6) is 0 Å². The first-order chi connectivity index (χ1) is 9.88. The minimum absolute atomic E-state index is 0.0701. The molecule has 2 unspecified atom stereocenters. The Morgan fingerprint density at radius 1 is 1.43 bits per heavy atom. The van der Waals surface area contributed by atoms with Gasteiger partial charge in [0.1, 0.15) is 11.9 Å². The van der Waals surface area contributed by atoms with Crippen molar-refractivity contribution in [3.05, 3.63) is 29.0 Å². The number of amides is 2. The van der Waals surface area contributed by atoms with Gasteiger partial charge in [0.25, 0.3) is 0 Å². The fourth-order valence-electron chi connectivity index (χ4n) is 1.82. The van der Waals surface area contributed by atoms with Gasteiger partial charge in [-0.1, -0.05) is 11.6 Å². The summed E-state index contributed by atoms with van der Waals surface area (Å²) >= 11 is 5.63. The first-order valence-corrected chi connectivity index (χ1v) is 7.00. The van der Waals surface area contributed by atoms with Crippen LogP contribution in [0.3, 0.4) is 0 Å². The predicted molar refractivity (Wildman–Crippen MR) is 76.4 cm³/mol. The molecular formula is C14H16ClFN2O3. The van der Waals surface area contributed by atoms with Gasteiger partial charge in [-0.05, 0) is 38.0 Å². The van der Waals surface area contributed by atoms with Crippen molar-refractivity contribution in [1.82, 2.24) is 5.32 Å². The molecule has 0 radical (unpaired) electrons. The predicted octanol–water partition coefficient (Wildman–Crippen LogP) is 1.69. The summed E-state index contributed by atoms with van der Waals surface area (Å²) < 4.78 is 13.0. The van der Waals surface area contributed by atoms with E-state index in [4.69, 9.17) is 11.6 Å². The molecule has 0 heterocycles. The molecule has 1 aromatic carbocycles. The molecule has 7 heteroatoms. The van der Waals surface area contributed by atoms with Gasteiger partial charge < -0.3 is 15.7 Å². The molecule has 21 heavy (non-hydrogen) atoms. The number of carbonyl (C=O) groups is 2. The number of halogens is 2. The van der Waals surface area contributed by atoms with Crippen molar-refractivity contribution in [3.63, 3.8) is 0 Å². The van der Waals surface area contributed by atoms with Crippen LogP contribution in [-0.2, 0) is 9.59 Å². The number of carbonyl (C=O) groups excluding carboxylic acids is 2. The van der Waals surface area contributed by atoms with E-state index in [1.807, 2.05) is 0 Å². The van der Waals surface area contributed by atoms with Crippen LogP contribution < -0.4 is 10.6 Å². The van der Waals surface area contributed by atoms with Crippen molar-refractivity contribution >= 4 is 29.1 Å². The highest BCUT2D eigenvalue weighted by atomic mass is 35.5. The summed E-state index contributed by atoms with van der Waals surface area (Å²) in [6.07, 6.45) is 0.546. The first-order valence-electron chi connectivity index (χ1n) is 6.63. The van der Waals surface area contributed by atoms with Gasteiger partial charge in [-0.15, -0.1) is 0 Å². The number of aliphatic hydroxyl groups excluding tert-OH is 1. The zero-order valence-corrected chi connectivity index (χ0v) is 12.2. The smallest absolute Gasteiger partial charge is 0.249 e. The Bertz CT molecular complexity index is 561. The van der Waals surface area contributed by atoms with E-state index in [1.165, 1.54) is 19.1 Å². The van der Waals surface area contributed by atoms with E-state index in [0.29, 0.717) is 0 Å². The van der Waals surface area contributed by atoms with Crippen LogP contribution in [0, 0.1) is 11.7 Å². The van der Waals surface area contributed by atoms with E-state index in [1.54, 1.807) is 0 Å². The van der Waals surface area contributed by atoms with Crippen molar-refractivity contribution in [2.45, 2.75) is 31.9 Å². The number of aliphatic hydroxyl groups is 1. The Hall–Kier alpha value is -1.66. The van der Waals surface area contributed by atoms with Crippen molar-refractivity contribution in [2.75, 3.05) is 5.32 Å². The molecule has 1 fully saturated rings. The number of hydrogen-bond donors (Lipinski definition) is 3. The molecule has 2 rings (SSSR count). The summed E-state index contributed by atoms with van der Waals surface area (Å²) in [6, 6.07) is 2.66. The number of nitrogens with one attached hydrogen (secondary N) is 2. The van der Waals surface area contributed by atoms with Gasteiger partial charge in [0, 0.05) is 11.6 Å². The molecule has 0 aliphatic heterocycles. The highest BCUT2D eigenvalue weighted by Gasteiger charge is 2.34. The Kier molecular flexibility index (Phi) is 4.80. The van der Waals surface area contributed by atoms with Crippen LogP contribution in [-0.4, -0.2) is 29.1 Å². The third-order valence-corrected chi connectivity index (χ3v) is 3.49. The topological polar surface area (TPSA) is 78.4 Å². The molecule has 1 aliphatic rings. The van der Waals surface area contributed by atoms with Gasteiger partial charge in [-0.25, -0.2) is 4.39 Å². The molecule has 2 atom stereocenters. The second kappa shape index (κ2) is 6.41. The summed E-state index contributed by atoms with van der Waals surface area (Å²) in [5.74, 6) is -1.49. The lowest BCUT2D eigenvalue weighted by atomic mass is 10.1. The van der Waals surface area contributed by atoms with Crippen LogP contribution >= 0.6 is 11.6 Å². The maximum Gasteiger partial charge on any atom is 0.249 e. The van der Waals surface area contributed by atoms with E-state index in [-0.39, 0.29) is 22.5 Å². The SMILES string of the molecule is CC(O)C(NC(=O)C1CC1)C(=O)Nc1ccc(F)c(Cl)c1. The van der Waals surface area contributed by atoms with Crippen LogP contribution in [0.2, 0.25) is 5.02 Å². The van der Waals surface area contributed by atoms with Gasteiger partial charge in [-0.2, -0.15) is 0 Å². The molecule has 114 valence electrons. The zero-order chi connectivity index (χ0) is 15.6. The van der Waals surface area contributed by atoms with Crippen LogP contribution in [0.4, 0.5) is 10.1 Å². The quantitative estimate of drug-likeness (QED) is 0.774. The summed E-state index contributed by atoms with van der Waals surface area (Å²) in [6.45, 7) is 1.41. The molecule has 0 aromatic heterocycles. The van der Waals surface area contributed by atoms with E-state index in [9.17, 15) is 19.1 Å². The number of rotatable bonds is 5. The van der Waals surface area contributed by atoms with Crippen LogP contribution in [0.25, 0.3) is 0 Å². The summed E-state index contributed by atoms with van der Waals surface area (Å²) in [5.41, 5.74) is 0.290. The molecule has 0 saturated heterocycles. The summed E-state index contributed by atoms with van der Waals surface area (Å²) in [5, 5.41) is 14.5. The van der Waals surface area contributed by atoms with Gasteiger partial charge in [-0.3, -0.25) is 9.59 Å². The molecule has 3 N–H and O–H groups in total.